The van der Waals surface area contributed by atoms with Gasteiger partial charge in [0.25, 0.3) is 0 Å². The predicted molar refractivity (Wildman–Crippen MR) is 127 cm³/mol. The molecule has 2 aliphatic heterocycles. The van der Waals surface area contributed by atoms with E-state index in [0.29, 0.717) is 35.8 Å². The van der Waals surface area contributed by atoms with Crippen LogP contribution in [-0.4, -0.2) is 58.0 Å². The number of piperidine rings is 1. The zero-order valence-corrected chi connectivity index (χ0v) is 20.1. The fourth-order valence-corrected chi connectivity index (χ4v) is 5.34. The fourth-order valence-electron chi connectivity index (χ4n) is 4.22. The molecule has 1 amide bonds. The highest BCUT2D eigenvalue weighted by atomic mass is 32.2. The van der Waals surface area contributed by atoms with Crippen LogP contribution in [0, 0.1) is 12.8 Å². The Kier molecular flexibility index (Phi) is 7.20. The van der Waals surface area contributed by atoms with Gasteiger partial charge in [-0.05, 0) is 57.4 Å². The number of aryl methyl sites for hydroxylation is 1. The summed E-state index contributed by atoms with van der Waals surface area (Å²) < 4.78 is 38.5. The SMILES string of the molecule is CC(=O)c1cc2c(cc1NC(=O)CN1CCCC(CNS(=O)(=O)c3ccc(C)cc3)C1)OCO2. The Bertz CT molecular complexity index is 1180. The monoisotopic (exact) mass is 487 g/mol. The number of ketones is 1. The van der Waals surface area contributed by atoms with Crippen molar-refractivity contribution in [3.05, 3.63) is 47.5 Å². The van der Waals surface area contributed by atoms with E-state index in [2.05, 4.69) is 10.0 Å². The van der Waals surface area contributed by atoms with Gasteiger partial charge in [-0.25, -0.2) is 13.1 Å². The van der Waals surface area contributed by atoms with Crippen molar-refractivity contribution < 1.29 is 27.5 Å². The Morgan fingerprint density at radius 3 is 2.53 bits per heavy atom. The number of hydrogen-bond acceptors (Lipinski definition) is 7. The first-order chi connectivity index (χ1) is 16.2. The van der Waals surface area contributed by atoms with Gasteiger partial charge in [-0.2, -0.15) is 0 Å². The summed E-state index contributed by atoms with van der Waals surface area (Å²) in [6.45, 7) is 5.22. The first-order valence-electron chi connectivity index (χ1n) is 11.2. The van der Waals surface area contributed by atoms with E-state index in [1.54, 1.807) is 36.4 Å². The minimum absolute atomic E-state index is 0.0763. The van der Waals surface area contributed by atoms with E-state index in [1.165, 1.54) is 6.92 Å². The molecule has 182 valence electrons. The lowest BCUT2D eigenvalue weighted by molar-refractivity contribution is -0.117. The second-order valence-electron chi connectivity index (χ2n) is 8.76. The Morgan fingerprint density at radius 2 is 1.82 bits per heavy atom. The number of fused-ring (bicyclic) bond motifs is 1. The van der Waals surface area contributed by atoms with Gasteiger partial charge in [0, 0.05) is 24.7 Å². The lowest BCUT2D eigenvalue weighted by atomic mass is 9.98. The second-order valence-corrected chi connectivity index (χ2v) is 10.5. The largest absolute Gasteiger partial charge is 0.454 e. The highest BCUT2D eigenvalue weighted by molar-refractivity contribution is 7.89. The Morgan fingerprint density at radius 1 is 1.12 bits per heavy atom. The molecule has 0 bridgehead atoms. The molecule has 0 spiro atoms. The first-order valence-corrected chi connectivity index (χ1v) is 12.7. The maximum Gasteiger partial charge on any atom is 0.240 e. The van der Waals surface area contributed by atoms with Gasteiger partial charge in [0.2, 0.25) is 22.7 Å². The van der Waals surface area contributed by atoms with Gasteiger partial charge in [0.05, 0.1) is 17.1 Å². The summed E-state index contributed by atoms with van der Waals surface area (Å²) >= 11 is 0. The standard InChI is InChI=1S/C24H29N3O6S/c1-16-5-7-19(8-6-16)34(30,31)25-12-18-4-3-9-27(13-18)14-24(29)26-21-11-23-22(32-15-33-23)10-20(21)17(2)28/h5-8,10-11,18,25H,3-4,9,12-15H2,1-2H3,(H,26,29). The highest BCUT2D eigenvalue weighted by Gasteiger charge is 2.25. The molecule has 34 heavy (non-hydrogen) atoms. The van der Waals surface area contributed by atoms with Gasteiger partial charge in [-0.1, -0.05) is 17.7 Å². The van der Waals surface area contributed by atoms with Crippen LogP contribution < -0.4 is 19.5 Å². The number of likely N-dealkylation sites (tertiary alicyclic amines) is 1. The summed E-state index contributed by atoms with van der Waals surface area (Å²) in [5.74, 6) is 0.629. The van der Waals surface area contributed by atoms with E-state index in [1.807, 2.05) is 11.8 Å². The number of carbonyl (C=O) groups excluding carboxylic acids is 2. The maximum absolute atomic E-state index is 12.7. The van der Waals surface area contributed by atoms with E-state index >= 15 is 0 Å². The Labute approximate surface area is 199 Å². The van der Waals surface area contributed by atoms with Crippen LogP contribution in [0.3, 0.4) is 0 Å². The third kappa shape index (κ3) is 5.75. The van der Waals surface area contributed by atoms with Crippen LogP contribution >= 0.6 is 0 Å². The van der Waals surface area contributed by atoms with Crippen LogP contribution in [0.1, 0.15) is 35.7 Å². The van der Waals surface area contributed by atoms with E-state index in [0.717, 1.165) is 24.9 Å². The van der Waals surface area contributed by atoms with Gasteiger partial charge in [-0.3, -0.25) is 14.5 Å². The molecule has 0 aliphatic carbocycles. The van der Waals surface area contributed by atoms with Crippen molar-refractivity contribution in [1.29, 1.82) is 0 Å². The number of nitrogens with zero attached hydrogens (tertiary/aromatic N) is 1. The van der Waals surface area contributed by atoms with Crippen molar-refractivity contribution in [3.63, 3.8) is 0 Å². The third-order valence-electron chi connectivity index (χ3n) is 6.03. The van der Waals surface area contributed by atoms with Crippen molar-refractivity contribution >= 4 is 27.4 Å². The molecular formula is C24H29N3O6S. The lowest BCUT2D eigenvalue weighted by Crippen LogP contribution is -2.43. The predicted octanol–water partition coefficient (Wildman–Crippen LogP) is 2.56. The Hall–Kier alpha value is -2.95. The molecule has 1 fully saturated rings. The van der Waals surface area contributed by atoms with Gasteiger partial charge < -0.3 is 14.8 Å². The molecule has 1 saturated heterocycles. The summed E-state index contributed by atoms with van der Waals surface area (Å²) in [6, 6.07) is 9.93. The van der Waals surface area contributed by atoms with E-state index in [4.69, 9.17) is 9.47 Å². The molecule has 1 atom stereocenters. The molecule has 0 radical (unpaired) electrons. The number of carbonyl (C=O) groups is 2. The quantitative estimate of drug-likeness (QED) is 0.550. The fraction of sp³-hybridized carbons (Fsp3) is 0.417. The minimum Gasteiger partial charge on any atom is -0.454 e. The molecular weight excluding hydrogens is 458 g/mol. The molecule has 2 heterocycles. The van der Waals surface area contributed by atoms with Gasteiger partial charge in [0.15, 0.2) is 17.3 Å². The summed E-state index contributed by atoms with van der Waals surface area (Å²) in [7, 11) is -3.58. The summed E-state index contributed by atoms with van der Waals surface area (Å²) in [4.78, 5) is 27.0. The van der Waals surface area contributed by atoms with E-state index < -0.39 is 10.0 Å². The van der Waals surface area contributed by atoms with Crippen LogP contribution in [-0.2, 0) is 14.8 Å². The molecule has 0 saturated carbocycles. The molecule has 1 unspecified atom stereocenters. The molecule has 4 rings (SSSR count). The summed E-state index contributed by atoms with van der Waals surface area (Å²) in [5.41, 5.74) is 1.75. The lowest BCUT2D eigenvalue weighted by Gasteiger charge is -2.32. The highest BCUT2D eigenvalue weighted by Crippen LogP contribution is 2.37. The molecule has 10 heteroatoms. The molecule has 0 aromatic heterocycles. The number of Topliss-reactive ketones (excluding diaryl/α,β-unsaturated/α-hetero) is 1. The van der Waals surface area contributed by atoms with Crippen LogP contribution in [0.5, 0.6) is 11.5 Å². The number of hydrogen-bond donors (Lipinski definition) is 2. The average molecular weight is 488 g/mol. The van der Waals surface area contributed by atoms with Crippen molar-refractivity contribution in [2.75, 3.05) is 38.3 Å². The van der Waals surface area contributed by atoms with E-state index in [-0.39, 0.29) is 35.8 Å². The average Bonchev–Trinajstić information content (AvgIpc) is 3.25. The molecule has 9 nitrogen and oxygen atoms in total. The van der Waals surface area contributed by atoms with E-state index in [9.17, 15) is 18.0 Å². The van der Waals surface area contributed by atoms with Crippen molar-refractivity contribution in [3.8, 4) is 11.5 Å². The number of sulfonamides is 1. The minimum atomic E-state index is -3.58. The second kappa shape index (κ2) is 10.1. The number of benzene rings is 2. The summed E-state index contributed by atoms with van der Waals surface area (Å²) in [5, 5.41) is 2.82. The van der Waals surface area contributed by atoms with Crippen LogP contribution in [0.15, 0.2) is 41.3 Å². The number of amides is 1. The summed E-state index contributed by atoms with van der Waals surface area (Å²) in [6.07, 6.45) is 1.75. The molecule has 2 aromatic carbocycles. The molecule has 2 aliphatic rings. The van der Waals surface area contributed by atoms with Crippen molar-refractivity contribution in [2.45, 2.75) is 31.6 Å². The zero-order valence-electron chi connectivity index (χ0n) is 19.3. The molecule has 2 aromatic rings. The molecule has 2 N–H and O–H groups in total. The smallest absolute Gasteiger partial charge is 0.240 e. The number of nitrogens with one attached hydrogen (secondary N) is 2. The van der Waals surface area contributed by atoms with Crippen molar-refractivity contribution in [1.82, 2.24) is 9.62 Å². The number of ether oxygens (including phenoxy) is 2. The van der Waals surface area contributed by atoms with Gasteiger partial charge >= 0.3 is 0 Å². The van der Waals surface area contributed by atoms with Gasteiger partial charge in [0.1, 0.15) is 0 Å². The van der Waals surface area contributed by atoms with Crippen LogP contribution in [0.2, 0.25) is 0 Å². The normalized spacial score (nSPS) is 18.0. The number of rotatable bonds is 8. The van der Waals surface area contributed by atoms with Crippen molar-refractivity contribution in [2.24, 2.45) is 5.92 Å². The van der Waals surface area contributed by atoms with Crippen LogP contribution in [0.25, 0.3) is 0 Å². The Balaban J connectivity index is 1.33. The topological polar surface area (TPSA) is 114 Å². The third-order valence-corrected chi connectivity index (χ3v) is 7.47. The number of anilines is 1. The van der Waals surface area contributed by atoms with Crippen LogP contribution in [0.4, 0.5) is 5.69 Å². The van der Waals surface area contributed by atoms with Gasteiger partial charge in [-0.15, -0.1) is 0 Å². The first kappa shape index (κ1) is 24.2. The zero-order chi connectivity index (χ0) is 24.3. The maximum atomic E-state index is 12.7.